The SMILES string of the molecule is C[C@@H](O)[C@@H](C)Oc1nc(Nc2ccc(Nc3ncc(Cl)c(OCCO)n3)cc2)ncc1Br. The third kappa shape index (κ3) is 6.63. The molecule has 0 bridgehead atoms. The van der Waals surface area contributed by atoms with Crippen molar-refractivity contribution in [3.8, 4) is 11.8 Å². The Bertz CT molecular complexity index is 1040. The molecule has 2 heterocycles. The van der Waals surface area contributed by atoms with Crippen LogP contribution in [-0.2, 0) is 0 Å². The fourth-order valence-electron chi connectivity index (χ4n) is 2.32. The standard InChI is InChI=1S/C20H22BrClN6O4/c1-11(30)12(2)32-17-15(21)9-23-19(27-17)25-13-3-5-14(6-4-13)26-20-24-10-16(22)18(28-20)31-8-7-29/h3-6,9-12,29-30H,7-8H2,1-2H3,(H,23,25,27)(H,24,26,28)/t11-,12-/m1/s1. The summed E-state index contributed by atoms with van der Waals surface area (Å²) in [4.78, 5) is 16.9. The molecule has 12 heteroatoms. The first-order valence-electron chi connectivity index (χ1n) is 9.63. The van der Waals surface area contributed by atoms with E-state index in [0.717, 1.165) is 11.4 Å². The maximum absolute atomic E-state index is 9.64. The number of nitrogens with zero attached hydrogens (tertiary/aromatic N) is 4. The largest absolute Gasteiger partial charge is 0.474 e. The fraction of sp³-hybridized carbons (Fsp3) is 0.300. The molecule has 0 aliphatic rings. The van der Waals surface area contributed by atoms with Gasteiger partial charge >= 0.3 is 0 Å². The molecule has 0 spiro atoms. The second kappa shape index (κ2) is 11.2. The van der Waals surface area contributed by atoms with Crippen molar-refractivity contribution in [1.82, 2.24) is 19.9 Å². The van der Waals surface area contributed by atoms with Crippen LogP contribution in [0.1, 0.15) is 13.8 Å². The van der Waals surface area contributed by atoms with Gasteiger partial charge in [-0.2, -0.15) is 9.97 Å². The van der Waals surface area contributed by atoms with Crippen molar-refractivity contribution in [2.75, 3.05) is 23.8 Å². The number of ether oxygens (including phenoxy) is 2. The first kappa shape index (κ1) is 23.9. The van der Waals surface area contributed by atoms with E-state index < -0.39 is 12.2 Å². The number of halogens is 2. The van der Waals surface area contributed by atoms with Gasteiger partial charge in [-0.15, -0.1) is 0 Å². The van der Waals surface area contributed by atoms with Gasteiger partial charge in [0.1, 0.15) is 17.7 Å². The predicted molar refractivity (Wildman–Crippen MR) is 124 cm³/mol. The molecule has 170 valence electrons. The summed E-state index contributed by atoms with van der Waals surface area (Å²) in [6.07, 6.45) is 1.92. The van der Waals surface area contributed by atoms with Gasteiger partial charge < -0.3 is 30.3 Å². The normalized spacial score (nSPS) is 12.7. The van der Waals surface area contributed by atoms with Crippen molar-refractivity contribution < 1.29 is 19.7 Å². The minimum Gasteiger partial charge on any atom is -0.474 e. The molecular weight excluding hydrogens is 504 g/mol. The molecule has 2 aromatic heterocycles. The van der Waals surface area contributed by atoms with Crippen molar-refractivity contribution in [3.63, 3.8) is 0 Å². The van der Waals surface area contributed by atoms with Crippen LogP contribution in [-0.4, -0.2) is 55.6 Å². The summed E-state index contributed by atoms with van der Waals surface area (Å²) in [7, 11) is 0. The van der Waals surface area contributed by atoms with Crippen molar-refractivity contribution in [1.29, 1.82) is 0 Å². The molecule has 0 saturated heterocycles. The summed E-state index contributed by atoms with van der Waals surface area (Å²) >= 11 is 9.34. The van der Waals surface area contributed by atoms with E-state index in [2.05, 4.69) is 46.5 Å². The van der Waals surface area contributed by atoms with Gasteiger partial charge in [-0.25, -0.2) is 9.97 Å². The minimum absolute atomic E-state index is 0.0827. The number of hydrogen-bond donors (Lipinski definition) is 4. The van der Waals surface area contributed by atoms with E-state index in [-0.39, 0.29) is 24.1 Å². The molecule has 32 heavy (non-hydrogen) atoms. The molecule has 0 aliphatic carbocycles. The van der Waals surface area contributed by atoms with Gasteiger partial charge in [0.15, 0.2) is 0 Å². The molecule has 0 aliphatic heterocycles. The maximum Gasteiger partial charge on any atom is 0.237 e. The van der Waals surface area contributed by atoms with E-state index >= 15 is 0 Å². The van der Waals surface area contributed by atoms with E-state index in [1.807, 2.05) is 24.3 Å². The number of aliphatic hydroxyl groups is 2. The topological polar surface area (TPSA) is 135 Å². The zero-order chi connectivity index (χ0) is 23.1. The lowest BCUT2D eigenvalue weighted by Crippen LogP contribution is -2.26. The van der Waals surface area contributed by atoms with E-state index in [1.54, 1.807) is 20.0 Å². The van der Waals surface area contributed by atoms with Gasteiger partial charge in [-0.3, -0.25) is 0 Å². The first-order chi connectivity index (χ1) is 15.4. The zero-order valence-electron chi connectivity index (χ0n) is 17.3. The van der Waals surface area contributed by atoms with Crippen molar-refractivity contribution in [2.45, 2.75) is 26.1 Å². The third-order valence-electron chi connectivity index (χ3n) is 4.13. The van der Waals surface area contributed by atoms with Gasteiger partial charge in [0, 0.05) is 11.4 Å². The van der Waals surface area contributed by atoms with Crippen LogP contribution in [0.5, 0.6) is 11.8 Å². The quantitative estimate of drug-likeness (QED) is 0.310. The monoisotopic (exact) mass is 524 g/mol. The van der Waals surface area contributed by atoms with Crippen molar-refractivity contribution >= 4 is 50.8 Å². The molecule has 0 radical (unpaired) electrons. The summed E-state index contributed by atoms with van der Waals surface area (Å²) in [6.45, 7) is 3.34. The Morgan fingerprint density at radius 2 is 1.56 bits per heavy atom. The van der Waals surface area contributed by atoms with Crippen LogP contribution in [0.3, 0.4) is 0 Å². The van der Waals surface area contributed by atoms with Gasteiger partial charge in [0.05, 0.1) is 29.6 Å². The number of hydrogen-bond acceptors (Lipinski definition) is 10. The molecule has 0 unspecified atom stereocenters. The summed E-state index contributed by atoms with van der Waals surface area (Å²) in [5.74, 6) is 1.15. The Kier molecular flexibility index (Phi) is 8.39. The highest BCUT2D eigenvalue weighted by Crippen LogP contribution is 2.27. The molecule has 1 aromatic carbocycles. The molecule has 0 fully saturated rings. The molecule has 0 saturated carbocycles. The highest BCUT2D eigenvalue weighted by atomic mass is 79.9. The summed E-state index contributed by atoms with van der Waals surface area (Å²) < 4.78 is 11.5. The maximum atomic E-state index is 9.64. The van der Waals surface area contributed by atoms with Gasteiger partial charge in [0.25, 0.3) is 0 Å². The molecule has 3 aromatic rings. The number of aliphatic hydroxyl groups excluding tert-OH is 2. The van der Waals surface area contributed by atoms with Crippen LogP contribution in [0.15, 0.2) is 41.1 Å². The average Bonchev–Trinajstić information content (AvgIpc) is 2.77. The van der Waals surface area contributed by atoms with Crippen molar-refractivity contribution in [2.24, 2.45) is 0 Å². The number of anilines is 4. The molecular formula is C20H22BrClN6O4. The smallest absolute Gasteiger partial charge is 0.237 e. The predicted octanol–water partition coefficient (Wildman–Crippen LogP) is 3.69. The Balaban J connectivity index is 1.66. The summed E-state index contributed by atoms with van der Waals surface area (Å²) in [6, 6.07) is 7.29. The molecule has 10 nitrogen and oxygen atoms in total. The highest BCUT2D eigenvalue weighted by Gasteiger charge is 2.15. The van der Waals surface area contributed by atoms with Crippen LogP contribution >= 0.6 is 27.5 Å². The second-order valence-corrected chi connectivity index (χ2v) is 7.92. The van der Waals surface area contributed by atoms with Crippen LogP contribution < -0.4 is 20.1 Å². The fourth-order valence-corrected chi connectivity index (χ4v) is 2.75. The lowest BCUT2D eigenvalue weighted by atomic mass is 10.3. The van der Waals surface area contributed by atoms with Crippen LogP contribution in [0.4, 0.5) is 23.3 Å². The van der Waals surface area contributed by atoms with Gasteiger partial charge in [-0.1, -0.05) is 11.6 Å². The lowest BCUT2D eigenvalue weighted by molar-refractivity contribution is 0.0569. The number of nitrogens with one attached hydrogen (secondary N) is 2. The summed E-state index contributed by atoms with van der Waals surface area (Å²) in [5, 5.41) is 24.9. The van der Waals surface area contributed by atoms with Crippen molar-refractivity contribution in [3.05, 3.63) is 46.2 Å². The van der Waals surface area contributed by atoms with E-state index in [0.29, 0.717) is 22.2 Å². The van der Waals surface area contributed by atoms with Gasteiger partial charge in [0.2, 0.25) is 23.7 Å². The Hall–Kier alpha value is -2.73. The average molecular weight is 526 g/mol. The lowest BCUT2D eigenvalue weighted by Gasteiger charge is -2.17. The molecule has 3 rings (SSSR count). The molecule has 2 atom stereocenters. The first-order valence-corrected chi connectivity index (χ1v) is 10.8. The van der Waals surface area contributed by atoms with E-state index in [4.69, 9.17) is 26.2 Å². The molecule has 4 N–H and O–H groups in total. The second-order valence-electron chi connectivity index (χ2n) is 6.66. The Morgan fingerprint density at radius 1 is 1.00 bits per heavy atom. The summed E-state index contributed by atoms with van der Waals surface area (Å²) in [5.41, 5.74) is 1.48. The zero-order valence-corrected chi connectivity index (χ0v) is 19.6. The number of benzene rings is 1. The number of aromatic nitrogens is 4. The van der Waals surface area contributed by atoms with Crippen LogP contribution in [0.25, 0.3) is 0 Å². The van der Waals surface area contributed by atoms with Crippen LogP contribution in [0.2, 0.25) is 5.02 Å². The van der Waals surface area contributed by atoms with E-state index in [1.165, 1.54) is 6.20 Å². The minimum atomic E-state index is -0.643. The highest BCUT2D eigenvalue weighted by molar-refractivity contribution is 9.10. The molecule has 0 amide bonds. The number of rotatable bonds is 10. The Labute approximate surface area is 198 Å². The van der Waals surface area contributed by atoms with Crippen LogP contribution in [0, 0.1) is 0 Å². The van der Waals surface area contributed by atoms with Gasteiger partial charge in [-0.05, 0) is 54.0 Å². The third-order valence-corrected chi connectivity index (χ3v) is 4.93. The van der Waals surface area contributed by atoms with E-state index in [9.17, 15) is 5.11 Å². The Morgan fingerprint density at radius 3 is 2.12 bits per heavy atom.